The fourth-order valence-electron chi connectivity index (χ4n) is 1.27. The number of benzene rings is 1. The van der Waals surface area contributed by atoms with Gasteiger partial charge in [0.05, 0.1) is 6.04 Å². The summed E-state index contributed by atoms with van der Waals surface area (Å²) in [6.45, 7) is 3.65. The molecule has 0 bridgehead atoms. The maximum absolute atomic E-state index is 11.1. The van der Waals surface area contributed by atoms with Crippen molar-refractivity contribution in [1.29, 1.82) is 0 Å². The number of hydrogen-bond donors (Lipinski definition) is 2. The zero-order valence-corrected chi connectivity index (χ0v) is 8.45. The van der Waals surface area contributed by atoms with E-state index >= 15 is 0 Å². The lowest BCUT2D eigenvalue weighted by molar-refractivity contribution is -0.121. The number of para-hydroxylation sites is 1. The number of phenolic OH excluding ortho intramolecular Hbond substituents is 1. The Morgan fingerprint density at radius 3 is 2.71 bits per heavy atom. The van der Waals surface area contributed by atoms with Crippen LogP contribution in [-0.4, -0.2) is 11.0 Å². The minimum atomic E-state index is -0.149. The van der Waals surface area contributed by atoms with Crippen molar-refractivity contribution in [2.24, 2.45) is 0 Å². The monoisotopic (exact) mass is 193 g/mol. The van der Waals surface area contributed by atoms with Crippen LogP contribution in [0.15, 0.2) is 24.3 Å². The van der Waals surface area contributed by atoms with Gasteiger partial charge < -0.3 is 10.4 Å². The molecular weight excluding hydrogens is 178 g/mol. The Hall–Kier alpha value is -1.51. The molecule has 0 heterocycles. The van der Waals surface area contributed by atoms with Gasteiger partial charge in [0, 0.05) is 12.0 Å². The highest BCUT2D eigenvalue weighted by atomic mass is 16.3. The Morgan fingerprint density at radius 1 is 1.50 bits per heavy atom. The summed E-state index contributed by atoms with van der Waals surface area (Å²) in [6, 6.07) is 6.86. The third-order valence-electron chi connectivity index (χ3n) is 2.10. The lowest BCUT2D eigenvalue weighted by Gasteiger charge is -2.14. The molecule has 0 saturated heterocycles. The van der Waals surface area contributed by atoms with E-state index in [0.717, 1.165) is 5.56 Å². The summed E-state index contributed by atoms with van der Waals surface area (Å²) < 4.78 is 0. The molecule has 0 spiro atoms. The van der Waals surface area contributed by atoms with Crippen LogP contribution in [0.4, 0.5) is 0 Å². The van der Waals surface area contributed by atoms with Crippen molar-refractivity contribution in [3.05, 3.63) is 29.8 Å². The van der Waals surface area contributed by atoms with Gasteiger partial charge in [-0.05, 0) is 13.0 Å². The van der Waals surface area contributed by atoms with E-state index in [1.165, 1.54) is 0 Å². The van der Waals surface area contributed by atoms with Gasteiger partial charge in [-0.3, -0.25) is 4.79 Å². The minimum Gasteiger partial charge on any atom is -0.508 e. The summed E-state index contributed by atoms with van der Waals surface area (Å²) >= 11 is 0. The van der Waals surface area contributed by atoms with E-state index in [2.05, 4.69) is 5.32 Å². The molecule has 1 atom stereocenters. The third kappa shape index (κ3) is 2.49. The molecule has 0 saturated carbocycles. The number of nitrogens with one attached hydrogen (secondary N) is 1. The minimum absolute atomic E-state index is 0.0132. The van der Waals surface area contributed by atoms with Crippen molar-refractivity contribution >= 4 is 5.91 Å². The molecule has 3 nitrogen and oxygen atoms in total. The SMILES string of the molecule is CCC(=O)NC(C)c1ccccc1O. The number of amides is 1. The van der Waals surface area contributed by atoms with Crippen LogP contribution in [0.5, 0.6) is 5.75 Å². The Kier molecular flexibility index (Phi) is 3.51. The third-order valence-corrected chi connectivity index (χ3v) is 2.10. The van der Waals surface area contributed by atoms with Crippen LogP contribution in [0.25, 0.3) is 0 Å². The van der Waals surface area contributed by atoms with Crippen molar-refractivity contribution < 1.29 is 9.90 Å². The number of carbonyl (C=O) groups is 1. The summed E-state index contributed by atoms with van der Waals surface area (Å²) in [4.78, 5) is 11.1. The van der Waals surface area contributed by atoms with Gasteiger partial charge in [0.25, 0.3) is 0 Å². The van der Waals surface area contributed by atoms with Crippen LogP contribution < -0.4 is 5.32 Å². The first-order valence-corrected chi connectivity index (χ1v) is 4.72. The predicted molar refractivity (Wildman–Crippen MR) is 55.0 cm³/mol. The molecule has 0 aliphatic heterocycles. The molecule has 1 rings (SSSR count). The molecule has 1 unspecified atom stereocenters. The van der Waals surface area contributed by atoms with Gasteiger partial charge in [0.1, 0.15) is 5.75 Å². The van der Waals surface area contributed by atoms with E-state index in [4.69, 9.17) is 0 Å². The van der Waals surface area contributed by atoms with Gasteiger partial charge in [-0.25, -0.2) is 0 Å². The molecular formula is C11H15NO2. The molecule has 1 amide bonds. The van der Waals surface area contributed by atoms with Gasteiger partial charge in [-0.1, -0.05) is 25.1 Å². The Labute approximate surface area is 83.8 Å². The molecule has 0 fully saturated rings. The Bertz CT molecular complexity index is 323. The first-order chi connectivity index (χ1) is 6.65. The number of carbonyl (C=O) groups excluding carboxylic acids is 1. The van der Waals surface area contributed by atoms with Crippen LogP contribution in [0.3, 0.4) is 0 Å². The smallest absolute Gasteiger partial charge is 0.220 e. The van der Waals surface area contributed by atoms with E-state index in [-0.39, 0.29) is 17.7 Å². The zero-order chi connectivity index (χ0) is 10.6. The molecule has 0 aliphatic rings. The molecule has 0 aliphatic carbocycles. The van der Waals surface area contributed by atoms with Gasteiger partial charge in [-0.15, -0.1) is 0 Å². The van der Waals surface area contributed by atoms with Crippen molar-refractivity contribution in [2.45, 2.75) is 26.3 Å². The van der Waals surface area contributed by atoms with Gasteiger partial charge in [0.2, 0.25) is 5.91 Å². The normalized spacial score (nSPS) is 12.1. The van der Waals surface area contributed by atoms with Crippen LogP contribution in [0, 0.1) is 0 Å². The van der Waals surface area contributed by atoms with E-state index in [9.17, 15) is 9.90 Å². The van der Waals surface area contributed by atoms with Crippen molar-refractivity contribution in [1.82, 2.24) is 5.32 Å². The zero-order valence-electron chi connectivity index (χ0n) is 8.45. The fraction of sp³-hybridized carbons (Fsp3) is 0.364. The molecule has 0 aromatic heterocycles. The van der Waals surface area contributed by atoms with Gasteiger partial charge in [-0.2, -0.15) is 0 Å². The second-order valence-corrected chi connectivity index (χ2v) is 3.20. The summed E-state index contributed by atoms with van der Waals surface area (Å²) in [6.07, 6.45) is 0.456. The molecule has 14 heavy (non-hydrogen) atoms. The highest BCUT2D eigenvalue weighted by molar-refractivity contribution is 5.76. The fourth-order valence-corrected chi connectivity index (χ4v) is 1.27. The van der Waals surface area contributed by atoms with Crippen molar-refractivity contribution in [2.75, 3.05) is 0 Å². The number of hydrogen-bond acceptors (Lipinski definition) is 2. The lowest BCUT2D eigenvalue weighted by Crippen LogP contribution is -2.25. The second-order valence-electron chi connectivity index (χ2n) is 3.20. The van der Waals surface area contributed by atoms with Gasteiger partial charge >= 0.3 is 0 Å². The first kappa shape index (κ1) is 10.6. The van der Waals surface area contributed by atoms with Crippen LogP contribution in [-0.2, 0) is 4.79 Å². The lowest BCUT2D eigenvalue weighted by atomic mass is 10.1. The van der Waals surface area contributed by atoms with E-state index in [1.54, 1.807) is 25.1 Å². The first-order valence-electron chi connectivity index (χ1n) is 4.72. The summed E-state index contributed by atoms with van der Waals surface area (Å²) in [5.74, 6) is 0.206. The maximum Gasteiger partial charge on any atom is 0.220 e. The number of aromatic hydroxyl groups is 1. The summed E-state index contributed by atoms with van der Waals surface area (Å²) in [7, 11) is 0. The highest BCUT2D eigenvalue weighted by Gasteiger charge is 2.10. The van der Waals surface area contributed by atoms with Crippen LogP contribution in [0.1, 0.15) is 31.9 Å². The van der Waals surface area contributed by atoms with E-state index < -0.39 is 0 Å². The van der Waals surface area contributed by atoms with Crippen molar-refractivity contribution in [3.8, 4) is 5.75 Å². The predicted octanol–water partition coefficient (Wildman–Crippen LogP) is 1.98. The molecule has 0 radical (unpaired) electrons. The maximum atomic E-state index is 11.1. The molecule has 2 N–H and O–H groups in total. The van der Waals surface area contributed by atoms with Gasteiger partial charge in [0.15, 0.2) is 0 Å². The number of rotatable bonds is 3. The van der Waals surface area contributed by atoms with Crippen molar-refractivity contribution in [3.63, 3.8) is 0 Å². The van der Waals surface area contributed by atoms with E-state index in [1.807, 2.05) is 13.0 Å². The standard InChI is InChI=1S/C11H15NO2/c1-3-11(14)12-8(2)9-6-4-5-7-10(9)13/h4-8,13H,3H2,1-2H3,(H,12,14). The van der Waals surface area contributed by atoms with Crippen LogP contribution >= 0.6 is 0 Å². The number of phenols is 1. The second kappa shape index (κ2) is 4.65. The molecule has 76 valence electrons. The molecule has 3 heteroatoms. The topological polar surface area (TPSA) is 49.3 Å². The quantitative estimate of drug-likeness (QED) is 0.771. The Balaban J connectivity index is 2.74. The summed E-state index contributed by atoms with van der Waals surface area (Å²) in [5.41, 5.74) is 0.745. The average molecular weight is 193 g/mol. The average Bonchev–Trinajstić information content (AvgIpc) is 2.18. The molecule has 1 aromatic carbocycles. The Morgan fingerprint density at radius 2 is 2.14 bits per heavy atom. The van der Waals surface area contributed by atoms with E-state index in [0.29, 0.717) is 6.42 Å². The summed E-state index contributed by atoms with van der Waals surface area (Å²) in [5, 5.41) is 12.3. The highest BCUT2D eigenvalue weighted by Crippen LogP contribution is 2.22. The van der Waals surface area contributed by atoms with Crippen LogP contribution in [0.2, 0.25) is 0 Å². The molecule has 1 aromatic rings. The largest absolute Gasteiger partial charge is 0.508 e.